The van der Waals surface area contributed by atoms with Gasteiger partial charge in [0.15, 0.2) is 0 Å². The number of piperazine rings is 3. The number of rotatable bonds is 20. The maximum Gasteiger partial charge on any atom is 0.242 e. The van der Waals surface area contributed by atoms with Gasteiger partial charge in [-0.05, 0) is 181 Å². The molecule has 8 aromatic carbocycles. The molecule has 102 heavy (non-hydrogen) atoms. The fourth-order valence-electron chi connectivity index (χ4n) is 14.7. The number of primary amides is 1. The highest BCUT2D eigenvalue weighted by atomic mass is 32.2. The molecule has 8 aromatic rings. The first-order chi connectivity index (χ1) is 50.0. The summed E-state index contributed by atoms with van der Waals surface area (Å²) in [5.74, 6) is -0.233. The number of anilines is 8. The molecule has 0 unspecified atom stereocenters. The third-order valence-corrected chi connectivity index (χ3v) is 26.4. The van der Waals surface area contributed by atoms with Gasteiger partial charge in [0.25, 0.3) is 0 Å². The van der Waals surface area contributed by atoms with Crippen LogP contribution in [0.15, 0.2) is 232 Å². The van der Waals surface area contributed by atoms with Crippen molar-refractivity contribution in [2.24, 2.45) is 5.73 Å². The molecule has 4 saturated heterocycles. The summed E-state index contributed by atoms with van der Waals surface area (Å²) >= 11 is 7.35. The molecule has 538 valence electrons. The highest BCUT2D eigenvalue weighted by molar-refractivity contribution is 8.00. The standard InChI is InChI=1S/C21H28N4O2S2.C21H26N4OS.C20H24N2S.C19H23N3S/c1-23(2)29(26,27)17-8-9-21-19(16-17)25(18-6-3-4-7-20(18)28-21)13-5-12-24-14-10-22-11-15-24;22-21(26)16-24-14-12-23(13-15-24)10-5-11-25-17-6-1-3-8-19(17)27-20-9-4-2-7-18(20)25;1-6-13-21(14-7-1)15-8-16-22-17-9-2-4-11-19(17)23-20-12-5-3-10-18(20)22;1-3-8-18-16(6-1)22(17-7-2-4-9-19(17)23-18)13-5-12-21-14-10-20-11-15-21/h3-4,6-9,16,22H,5,10-15H2,1-2H3;1-4,6-9H,5,10-16H2,(H2,22,26);2-5,9-12H,1,6-8,13-16H2;1-4,6-9,20H,5,10-15H2. The topological polar surface area (TPSA) is 134 Å². The van der Waals surface area contributed by atoms with Crippen LogP contribution in [-0.2, 0) is 14.8 Å². The van der Waals surface area contributed by atoms with Gasteiger partial charge in [0.1, 0.15) is 0 Å². The summed E-state index contributed by atoms with van der Waals surface area (Å²) in [6.07, 6.45) is 8.76. The Morgan fingerprint density at radius 1 is 0.353 bits per heavy atom. The molecular weight excluding hydrogens is 1360 g/mol. The van der Waals surface area contributed by atoms with E-state index in [0.717, 1.165) is 134 Å². The van der Waals surface area contributed by atoms with E-state index in [1.54, 1.807) is 31.9 Å². The number of sulfonamides is 1. The quantitative estimate of drug-likeness (QED) is 0.0667. The highest BCUT2D eigenvalue weighted by Gasteiger charge is 2.30. The van der Waals surface area contributed by atoms with Gasteiger partial charge in [0.05, 0.1) is 56.9 Å². The number of hydrogen-bond acceptors (Lipinski definition) is 18. The van der Waals surface area contributed by atoms with Crippen LogP contribution in [0.1, 0.15) is 44.9 Å². The summed E-state index contributed by atoms with van der Waals surface area (Å²) in [5.41, 5.74) is 15.5. The number of benzene rings is 8. The predicted octanol–water partition coefficient (Wildman–Crippen LogP) is 14.4. The van der Waals surface area contributed by atoms with Gasteiger partial charge < -0.3 is 55.6 Å². The molecule has 0 aromatic heterocycles. The van der Waals surface area contributed by atoms with Crippen molar-refractivity contribution in [2.75, 3.05) is 184 Å². The third-order valence-electron chi connectivity index (χ3n) is 20.1. The van der Waals surface area contributed by atoms with Crippen LogP contribution in [0.2, 0.25) is 0 Å². The van der Waals surface area contributed by atoms with Crippen molar-refractivity contribution in [3.63, 3.8) is 0 Å². The number of nitrogens with one attached hydrogen (secondary N) is 2. The average Bonchev–Trinajstić information content (AvgIpc) is 0.721. The van der Waals surface area contributed by atoms with Crippen LogP contribution < -0.4 is 36.0 Å². The van der Waals surface area contributed by atoms with Crippen molar-refractivity contribution < 1.29 is 13.2 Å². The zero-order valence-electron chi connectivity index (χ0n) is 59.4. The first kappa shape index (κ1) is 73.8. The number of piperidine rings is 1. The summed E-state index contributed by atoms with van der Waals surface area (Å²) in [6.45, 7) is 24.4. The molecule has 21 heteroatoms. The van der Waals surface area contributed by atoms with Crippen LogP contribution in [0, 0.1) is 0 Å². The number of likely N-dealkylation sites (tertiary alicyclic amines) is 1. The van der Waals surface area contributed by atoms with E-state index >= 15 is 0 Å². The minimum absolute atomic E-state index is 0.233. The minimum Gasteiger partial charge on any atom is -0.369 e. The summed E-state index contributed by atoms with van der Waals surface area (Å²) in [7, 11) is -0.320. The lowest BCUT2D eigenvalue weighted by atomic mass is 10.1. The van der Waals surface area contributed by atoms with Gasteiger partial charge in [-0.3, -0.25) is 9.69 Å². The number of amides is 1. The lowest BCUT2D eigenvalue weighted by molar-refractivity contribution is -0.119. The number of hydrogen-bond donors (Lipinski definition) is 3. The van der Waals surface area contributed by atoms with Gasteiger partial charge in [-0.25, -0.2) is 12.7 Å². The SMILES string of the molecule is CN(C)S(=O)(=O)c1ccc2c(c1)N(CCCN1CCNCC1)c1ccccc1S2.NC(=O)CN1CCN(CCCN2c3ccccc3Sc3ccccc32)CC1.c1ccc2c(c1)Sc1ccccc1N2CCCN1CCCCC1.c1ccc2c(c1)Sc1ccccc1N2CCCN1CCNCC1. The maximum atomic E-state index is 12.7. The lowest BCUT2D eigenvalue weighted by Gasteiger charge is -2.36. The zero-order valence-corrected chi connectivity index (χ0v) is 63.5. The Morgan fingerprint density at radius 3 is 0.941 bits per heavy atom. The van der Waals surface area contributed by atoms with Crippen molar-refractivity contribution in [1.29, 1.82) is 0 Å². The van der Waals surface area contributed by atoms with E-state index in [1.165, 1.54) is 144 Å². The second-order valence-electron chi connectivity index (χ2n) is 27.3. The number of carbonyl (C=O) groups is 1. The first-order valence-electron chi connectivity index (χ1n) is 36.8. The molecule has 8 aliphatic rings. The van der Waals surface area contributed by atoms with Crippen molar-refractivity contribution in [3.8, 4) is 0 Å². The number of nitrogens with zero attached hydrogens (tertiary/aromatic N) is 10. The maximum absolute atomic E-state index is 12.7. The Balaban J connectivity index is 0.000000122. The normalized spacial score (nSPS) is 17.5. The lowest BCUT2D eigenvalue weighted by Crippen LogP contribution is -2.49. The van der Waals surface area contributed by atoms with E-state index in [9.17, 15) is 13.2 Å². The number of fused-ring (bicyclic) bond motifs is 8. The van der Waals surface area contributed by atoms with E-state index < -0.39 is 10.0 Å². The molecule has 1 amide bonds. The molecule has 0 bridgehead atoms. The number of para-hydroxylation sites is 7. The largest absolute Gasteiger partial charge is 0.369 e. The Hall–Kier alpha value is -6.54. The summed E-state index contributed by atoms with van der Waals surface area (Å²) in [5, 5.41) is 6.82. The van der Waals surface area contributed by atoms with Crippen molar-refractivity contribution in [2.45, 2.75) is 89.0 Å². The molecule has 0 saturated carbocycles. The Morgan fingerprint density at radius 2 is 0.627 bits per heavy atom. The van der Waals surface area contributed by atoms with Crippen LogP contribution >= 0.6 is 47.0 Å². The van der Waals surface area contributed by atoms with E-state index in [4.69, 9.17) is 5.73 Å². The van der Waals surface area contributed by atoms with Crippen molar-refractivity contribution in [1.82, 2.24) is 39.4 Å². The average molecular weight is 1470 g/mol. The van der Waals surface area contributed by atoms with Crippen LogP contribution in [-0.4, -0.2) is 208 Å². The van der Waals surface area contributed by atoms with E-state index in [1.807, 2.05) is 53.5 Å². The summed E-state index contributed by atoms with van der Waals surface area (Å²) in [6, 6.07) is 66.4. The molecule has 16 rings (SSSR count). The fourth-order valence-corrected chi connectivity index (χ4v) is 20.0. The molecule has 16 nitrogen and oxygen atoms in total. The van der Waals surface area contributed by atoms with E-state index in [2.05, 4.69) is 219 Å². The fraction of sp³-hybridized carbons (Fsp3) is 0.395. The van der Waals surface area contributed by atoms with Crippen LogP contribution in [0.3, 0.4) is 0 Å². The second kappa shape index (κ2) is 36.4. The Labute approximate surface area is 623 Å². The molecule has 0 atom stereocenters. The summed E-state index contributed by atoms with van der Waals surface area (Å²) in [4.78, 5) is 44.0. The molecule has 8 aliphatic heterocycles. The Kier molecular flexibility index (Phi) is 26.4. The molecule has 8 heterocycles. The summed E-state index contributed by atoms with van der Waals surface area (Å²) < 4.78 is 26.6. The number of nitrogens with two attached hydrogens (primary N) is 1. The van der Waals surface area contributed by atoms with Gasteiger partial charge in [-0.1, -0.05) is 138 Å². The zero-order chi connectivity index (χ0) is 70.0. The van der Waals surface area contributed by atoms with Gasteiger partial charge >= 0.3 is 0 Å². The van der Waals surface area contributed by atoms with Gasteiger partial charge in [0.2, 0.25) is 15.9 Å². The van der Waals surface area contributed by atoms with Crippen molar-refractivity contribution >= 4 is 108 Å². The number of carbonyl (C=O) groups excluding carboxylic acids is 1. The Bertz CT molecular complexity index is 3910. The van der Waals surface area contributed by atoms with Gasteiger partial charge in [0, 0.05) is 158 Å². The first-order valence-corrected chi connectivity index (χ1v) is 41.5. The van der Waals surface area contributed by atoms with E-state index in [-0.39, 0.29) is 5.91 Å². The van der Waals surface area contributed by atoms with Crippen molar-refractivity contribution in [3.05, 3.63) is 188 Å². The van der Waals surface area contributed by atoms with E-state index in [0.29, 0.717) is 11.4 Å². The highest BCUT2D eigenvalue weighted by Crippen LogP contribution is 2.52. The molecule has 0 spiro atoms. The molecule has 4 N–H and O–H groups in total. The van der Waals surface area contributed by atoms with Gasteiger partial charge in [-0.15, -0.1) is 0 Å². The van der Waals surface area contributed by atoms with Crippen LogP contribution in [0.25, 0.3) is 0 Å². The van der Waals surface area contributed by atoms with Crippen LogP contribution in [0.4, 0.5) is 45.5 Å². The monoisotopic (exact) mass is 1460 g/mol. The molecular formula is C81H101N13O3S5. The minimum atomic E-state index is -3.47. The second-order valence-corrected chi connectivity index (χ2v) is 33.8. The molecule has 0 radical (unpaired) electrons. The van der Waals surface area contributed by atoms with Gasteiger partial charge in [-0.2, -0.15) is 0 Å². The van der Waals surface area contributed by atoms with Crippen LogP contribution in [0.5, 0.6) is 0 Å². The predicted molar refractivity (Wildman–Crippen MR) is 426 cm³/mol. The molecule has 4 fully saturated rings. The smallest absolute Gasteiger partial charge is 0.242 e. The third kappa shape index (κ3) is 18.9. The molecule has 0 aliphatic carbocycles.